The fourth-order valence-electron chi connectivity index (χ4n) is 2.01. The van der Waals surface area contributed by atoms with E-state index in [0.717, 1.165) is 5.56 Å². The molecule has 6 heteroatoms. The molecular weight excluding hydrogens is 296 g/mol. The molecule has 0 bridgehead atoms. The van der Waals surface area contributed by atoms with E-state index in [1.807, 2.05) is 31.2 Å². The molecule has 1 heterocycles. The van der Waals surface area contributed by atoms with Crippen molar-refractivity contribution in [3.63, 3.8) is 0 Å². The molecule has 1 saturated heterocycles. The molecule has 108 valence electrons. The van der Waals surface area contributed by atoms with Gasteiger partial charge in [0, 0.05) is 18.1 Å². The average molecular weight is 313 g/mol. The third kappa shape index (κ3) is 3.67. The summed E-state index contributed by atoms with van der Waals surface area (Å²) >= 11 is 7.66. The van der Waals surface area contributed by atoms with Crippen LogP contribution in [0.15, 0.2) is 24.3 Å². The Kier molecular flexibility index (Phi) is 5.31. The number of halogens is 1. The smallest absolute Gasteiger partial charge is 0.242 e. The third-order valence-corrected chi connectivity index (χ3v) is 4.52. The standard InChI is InChI=1S/C14H17ClN2O2S/c1-2-16(7-11-5-3-4-6-12(11)15)13(18)8-17-10-20-9-14(17)19/h3-6H,2,7-10H2,1H3. The van der Waals surface area contributed by atoms with Gasteiger partial charge in [-0.3, -0.25) is 9.59 Å². The van der Waals surface area contributed by atoms with Crippen LogP contribution in [0.25, 0.3) is 0 Å². The predicted octanol–water partition coefficient (Wildman–Crippen LogP) is 2.22. The maximum atomic E-state index is 12.3. The first-order valence-electron chi connectivity index (χ1n) is 6.48. The van der Waals surface area contributed by atoms with Crippen molar-refractivity contribution < 1.29 is 9.59 Å². The fraction of sp³-hybridized carbons (Fsp3) is 0.429. The number of carbonyl (C=O) groups excluding carboxylic acids is 2. The lowest BCUT2D eigenvalue weighted by Crippen LogP contribution is -2.40. The fourth-order valence-corrected chi connectivity index (χ4v) is 3.11. The number of thioether (sulfide) groups is 1. The Balaban J connectivity index is 1.99. The summed E-state index contributed by atoms with van der Waals surface area (Å²) in [6.07, 6.45) is 0. The first-order valence-corrected chi connectivity index (χ1v) is 8.01. The number of amides is 2. The van der Waals surface area contributed by atoms with E-state index in [2.05, 4.69) is 0 Å². The summed E-state index contributed by atoms with van der Waals surface area (Å²) in [4.78, 5) is 27.1. The van der Waals surface area contributed by atoms with Crippen molar-refractivity contribution in [3.8, 4) is 0 Å². The number of hydrogen-bond donors (Lipinski definition) is 0. The maximum absolute atomic E-state index is 12.3. The van der Waals surface area contributed by atoms with E-state index >= 15 is 0 Å². The molecule has 20 heavy (non-hydrogen) atoms. The number of benzene rings is 1. The van der Waals surface area contributed by atoms with E-state index < -0.39 is 0 Å². The van der Waals surface area contributed by atoms with Crippen LogP contribution in [0.3, 0.4) is 0 Å². The molecule has 0 radical (unpaired) electrons. The number of likely N-dealkylation sites (N-methyl/N-ethyl adjacent to an activating group) is 1. The molecule has 0 atom stereocenters. The molecule has 1 aromatic rings. The lowest BCUT2D eigenvalue weighted by molar-refractivity contribution is -0.138. The molecule has 0 N–H and O–H groups in total. The van der Waals surface area contributed by atoms with E-state index in [1.165, 1.54) is 0 Å². The summed E-state index contributed by atoms with van der Waals surface area (Å²) in [6, 6.07) is 7.50. The summed E-state index contributed by atoms with van der Waals surface area (Å²) in [5.74, 6) is 1.08. The van der Waals surface area contributed by atoms with E-state index in [4.69, 9.17) is 11.6 Å². The Morgan fingerprint density at radius 2 is 2.20 bits per heavy atom. The summed E-state index contributed by atoms with van der Waals surface area (Å²) < 4.78 is 0. The molecule has 2 amide bonds. The van der Waals surface area contributed by atoms with Gasteiger partial charge in [-0.1, -0.05) is 29.8 Å². The Morgan fingerprint density at radius 3 is 2.80 bits per heavy atom. The molecule has 1 aliphatic heterocycles. The predicted molar refractivity (Wildman–Crippen MR) is 81.6 cm³/mol. The van der Waals surface area contributed by atoms with Crippen LogP contribution in [0, 0.1) is 0 Å². The van der Waals surface area contributed by atoms with Crippen LogP contribution in [0.1, 0.15) is 12.5 Å². The monoisotopic (exact) mass is 312 g/mol. The van der Waals surface area contributed by atoms with Crippen molar-refractivity contribution in [2.45, 2.75) is 13.5 Å². The summed E-state index contributed by atoms with van der Waals surface area (Å²) in [7, 11) is 0. The summed E-state index contributed by atoms with van der Waals surface area (Å²) in [6.45, 7) is 3.16. The highest BCUT2D eigenvalue weighted by Crippen LogP contribution is 2.18. The van der Waals surface area contributed by atoms with Gasteiger partial charge < -0.3 is 9.80 Å². The highest BCUT2D eigenvalue weighted by atomic mass is 35.5. The van der Waals surface area contributed by atoms with Gasteiger partial charge in [0.15, 0.2) is 0 Å². The van der Waals surface area contributed by atoms with Gasteiger partial charge in [-0.05, 0) is 18.6 Å². The number of nitrogens with zero attached hydrogens (tertiary/aromatic N) is 2. The van der Waals surface area contributed by atoms with Crippen LogP contribution in [-0.2, 0) is 16.1 Å². The third-order valence-electron chi connectivity index (χ3n) is 3.20. The molecule has 0 aromatic heterocycles. The minimum Gasteiger partial charge on any atom is -0.337 e. The number of hydrogen-bond acceptors (Lipinski definition) is 3. The van der Waals surface area contributed by atoms with Crippen LogP contribution in [-0.4, -0.2) is 46.3 Å². The van der Waals surface area contributed by atoms with Gasteiger partial charge in [0.25, 0.3) is 0 Å². The van der Waals surface area contributed by atoms with Crippen molar-refractivity contribution in [2.24, 2.45) is 0 Å². The second-order valence-corrected chi connectivity index (χ2v) is 5.93. The first kappa shape index (κ1) is 15.2. The zero-order valence-corrected chi connectivity index (χ0v) is 12.9. The largest absolute Gasteiger partial charge is 0.337 e. The van der Waals surface area contributed by atoms with Gasteiger partial charge in [-0.25, -0.2) is 0 Å². The van der Waals surface area contributed by atoms with Crippen LogP contribution in [0.4, 0.5) is 0 Å². The number of rotatable bonds is 5. The van der Waals surface area contributed by atoms with E-state index in [9.17, 15) is 9.59 Å². The highest BCUT2D eigenvalue weighted by Gasteiger charge is 2.25. The van der Waals surface area contributed by atoms with E-state index in [1.54, 1.807) is 21.6 Å². The lowest BCUT2D eigenvalue weighted by atomic mass is 10.2. The maximum Gasteiger partial charge on any atom is 0.242 e. The minimum atomic E-state index is -0.0386. The topological polar surface area (TPSA) is 40.6 Å². The molecule has 0 unspecified atom stereocenters. The Morgan fingerprint density at radius 1 is 1.45 bits per heavy atom. The molecule has 2 rings (SSSR count). The van der Waals surface area contributed by atoms with Crippen LogP contribution < -0.4 is 0 Å². The van der Waals surface area contributed by atoms with Gasteiger partial charge in [0.2, 0.25) is 11.8 Å². The highest BCUT2D eigenvalue weighted by molar-refractivity contribution is 8.00. The molecule has 1 aromatic carbocycles. The van der Waals surface area contributed by atoms with Gasteiger partial charge in [-0.2, -0.15) is 0 Å². The van der Waals surface area contributed by atoms with Gasteiger partial charge in [0.05, 0.1) is 11.6 Å². The molecule has 0 saturated carbocycles. The van der Waals surface area contributed by atoms with Crippen molar-refractivity contribution >= 4 is 35.2 Å². The zero-order chi connectivity index (χ0) is 14.5. The summed E-state index contributed by atoms with van der Waals surface area (Å²) in [5, 5.41) is 0.659. The second-order valence-electron chi connectivity index (χ2n) is 4.57. The molecule has 0 spiro atoms. The Labute approximate surface area is 128 Å². The van der Waals surface area contributed by atoms with Crippen molar-refractivity contribution in [1.29, 1.82) is 0 Å². The SMILES string of the molecule is CCN(Cc1ccccc1Cl)C(=O)CN1CSCC1=O. The zero-order valence-electron chi connectivity index (χ0n) is 11.3. The van der Waals surface area contributed by atoms with Gasteiger partial charge >= 0.3 is 0 Å². The number of carbonyl (C=O) groups is 2. The van der Waals surface area contributed by atoms with Gasteiger partial charge in [-0.15, -0.1) is 11.8 Å². The molecule has 1 aliphatic rings. The van der Waals surface area contributed by atoms with Crippen LogP contribution >= 0.6 is 23.4 Å². The van der Waals surface area contributed by atoms with E-state index in [0.29, 0.717) is 29.7 Å². The molecule has 1 fully saturated rings. The minimum absolute atomic E-state index is 0.0386. The Bertz CT molecular complexity index is 510. The quantitative estimate of drug-likeness (QED) is 0.837. The van der Waals surface area contributed by atoms with E-state index in [-0.39, 0.29) is 18.4 Å². The normalized spacial score (nSPS) is 14.7. The molecule has 4 nitrogen and oxygen atoms in total. The van der Waals surface area contributed by atoms with Crippen LogP contribution in [0.2, 0.25) is 5.02 Å². The van der Waals surface area contributed by atoms with Crippen LogP contribution in [0.5, 0.6) is 0 Å². The van der Waals surface area contributed by atoms with Crippen molar-refractivity contribution in [2.75, 3.05) is 24.7 Å². The second kappa shape index (κ2) is 6.99. The van der Waals surface area contributed by atoms with Crippen molar-refractivity contribution in [3.05, 3.63) is 34.9 Å². The average Bonchev–Trinajstić information content (AvgIpc) is 2.83. The Hall–Kier alpha value is -1.20. The molecular formula is C14H17ClN2O2S. The van der Waals surface area contributed by atoms with Crippen molar-refractivity contribution in [1.82, 2.24) is 9.80 Å². The lowest BCUT2D eigenvalue weighted by Gasteiger charge is -2.24. The van der Waals surface area contributed by atoms with Gasteiger partial charge in [0.1, 0.15) is 6.54 Å². The summed E-state index contributed by atoms with van der Waals surface area (Å²) in [5.41, 5.74) is 0.923. The first-order chi connectivity index (χ1) is 9.61. The molecule has 0 aliphatic carbocycles.